The van der Waals surface area contributed by atoms with Gasteiger partial charge < -0.3 is 14.1 Å². The Morgan fingerprint density at radius 3 is 2.54 bits per heavy atom. The molecule has 1 aromatic carbocycles. The second-order valence-corrected chi connectivity index (χ2v) is 7.33. The highest BCUT2D eigenvalue weighted by atomic mass is 16.5. The Hall–Kier alpha value is -2.01. The van der Waals surface area contributed by atoms with Crippen molar-refractivity contribution in [1.82, 2.24) is 9.88 Å². The molecule has 0 aliphatic carbocycles. The van der Waals surface area contributed by atoms with E-state index in [9.17, 15) is 0 Å². The zero-order valence-corrected chi connectivity index (χ0v) is 15.1. The first-order valence-electron chi connectivity index (χ1n) is 8.52. The van der Waals surface area contributed by atoms with Crippen LogP contribution in [0.25, 0.3) is 0 Å². The van der Waals surface area contributed by atoms with Gasteiger partial charge in [0, 0.05) is 43.3 Å². The molecule has 1 aliphatic heterocycles. The van der Waals surface area contributed by atoms with Crippen LogP contribution in [0.2, 0.25) is 0 Å². The second kappa shape index (κ2) is 6.85. The average molecular weight is 329 g/mol. The maximum Gasteiger partial charge on any atom is 0.208 e. The van der Waals surface area contributed by atoms with Gasteiger partial charge in [-0.25, -0.2) is 4.98 Å². The van der Waals surface area contributed by atoms with Crippen LogP contribution < -0.4 is 9.64 Å². The fourth-order valence-corrected chi connectivity index (χ4v) is 2.89. The zero-order valence-electron chi connectivity index (χ0n) is 15.1. The summed E-state index contributed by atoms with van der Waals surface area (Å²) in [5.74, 6) is 2.67. The van der Waals surface area contributed by atoms with Crippen molar-refractivity contribution in [2.45, 2.75) is 32.7 Å². The molecule has 3 rings (SSSR count). The first kappa shape index (κ1) is 16.8. The summed E-state index contributed by atoms with van der Waals surface area (Å²) in [7, 11) is 1.71. The van der Waals surface area contributed by atoms with Crippen molar-refractivity contribution in [2.24, 2.45) is 0 Å². The van der Waals surface area contributed by atoms with Crippen LogP contribution in [-0.2, 0) is 12.0 Å². The minimum Gasteiger partial charge on any atom is -0.497 e. The molecule has 1 aromatic heterocycles. The summed E-state index contributed by atoms with van der Waals surface area (Å²) in [5.41, 5.74) is 1.23. The van der Waals surface area contributed by atoms with Gasteiger partial charge in [-0.05, 0) is 12.1 Å². The minimum absolute atomic E-state index is 0.0102. The topological polar surface area (TPSA) is 41.7 Å². The third-order valence-corrected chi connectivity index (χ3v) is 4.44. The van der Waals surface area contributed by atoms with E-state index >= 15 is 0 Å². The Balaban J connectivity index is 1.56. The summed E-state index contributed by atoms with van der Waals surface area (Å²) < 4.78 is 11.2. The van der Waals surface area contributed by atoms with Crippen LogP contribution in [0.1, 0.15) is 32.4 Å². The monoisotopic (exact) mass is 329 g/mol. The molecule has 0 saturated carbocycles. The van der Waals surface area contributed by atoms with E-state index in [1.54, 1.807) is 7.11 Å². The van der Waals surface area contributed by atoms with Gasteiger partial charge in [0.2, 0.25) is 5.89 Å². The van der Waals surface area contributed by atoms with Gasteiger partial charge in [-0.1, -0.05) is 26.8 Å². The smallest absolute Gasteiger partial charge is 0.208 e. The number of aromatic nitrogens is 1. The van der Waals surface area contributed by atoms with Crippen LogP contribution in [0.4, 0.5) is 5.69 Å². The van der Waals surface area contributed by atoms with E-state index in [0.29, 0.717) is 0 Å². The van der Waals surface area contributed by atoms with Gasteiger partial charge in [0.15, 0.2) is 0 Å². The number of anilines is 1. The van der Waals surface area contributed by atoms with Crippen molar-refractivity contribution in [2.75, 3.05) is 38.2 Å². The molecule has 24 heavy (non-hydrogen) atoms. The fourth-order valence-electron chi connectivity index (χ4n) is 2.89. The third-order valence-electron chi connectivity index (χ3n) is 4.44. The van der Waals surface area contributed by atoms with Crippen molar-refractivity contribution < 1.29 is 9.15 Å². The molecule has 0 spiro atoms. The van der Waals surface area contributed by atoms with Crippen molar-refractivity contribution in [3.05, 3.63) is 42.1 Å². The predicted octanol–water partition coefficient (Wildman–Crippen LogP) is 3.30. The van der Waals surface area contributed by atoms with Crippen LogP contribution in [-0.4, -0.2) is 43.2 Å². The Morgan fingerprint density at radius 1 is 1.17 bits per heavy atom. The van der Waals surface area contributed by atoms with Crippen LogP contribution >= 0.6 is 0 Å². The molecule has 0 atom stereocenters. The lowest BCUT2D eigenvalue weighted by atomic mass is 9.94. The molecule has 130 valence electrons. The van der Waals surface area contributed by atoms with Crippen molar-refractivity contribution >= 4 is 5.69 Å². The summed E-state index contributed by atoms with van der Waals surface area (Å²) in [6, 6.07) is 8.26. The number of methoxy groups -OCH3 is 1. The standard InChI is InChI=1S/C19H27N3O2/c1-19(2,3)17-13-20-18(24-17)14-21-8-10-22(11-9-21)15-6-5-7-16(12-15)23-4/h5-7,12-13H,8-11,14H2,1-4H3. The number of hydrogen-bond acceptors (Lipinski definition) is 5. The maximum atomic E-state index is 5.91. The molecule has 1 fully saturated rings. The lowest BCUT2D eigenvalue weighted by Crippen LogP contribution is -2.46. The van der Waals surface area contributed by atoms with E-state index in [-0.39, 0.29) is 5.41 Å². The Morgan fingerprint density at radius 2 is 1.92 bits per heavy atom. The molecular weight excluding hydrogens is 302 g/mol. The maximum absolute atomic E-state index is 5.91. The molecule has 0 radical (unpaired) electrons. The highest BCUT2D eigenvalue weighted by Gasteiger charge is 2.22. The Labute approximate surface area is 144 Å². The lowest BCUT2D eigenvalue weighted by Gasteiger charge is -2.35. The quantitative estimate of drug-likeness (QED) is 0.861. The first-order valence-corrected chi connectivity index (χ1v) is 8.52. The molecule has 2 aromatic rings. The number of piperazine rings is 1. The van der Waals surface area contributed by atoms with E-state index in [4.69, 9.17) is 9.15 Å². The number of oxazole rings is 1. The molecule has 0 bridgehead atoms. The summed E-state index contributed by atoms with van der Waals surface area (Å²) in [4.78, 5) is 9.23. The molecule has 2 heterocycles. The fraction of sp³-hybridized carbons (Fsp3) is 0.526. The number of hydrogen-bond donors (Lipinski definition) is 0. The highest BCUT2D eigenvalue weighted by Crippen LogP contribution is 2.24. The SMILES string of the molecule is COc1cccc(N2CCN(Cc3ncc(C(C)(C)C)o3)CC2)c1. The number of ether oxygens (including phenoxy) is 1. The van der Waals surface area contributed by atoms with Crippen LogP contribution in [0.15, 0.2) is 34.9 Å². The first-order chi connectivity index (χ1) is 11.5. The van der Waals surface area contributed by atoms with Crippen LogP contribution in [0, 0.1) is 0 Å². The lowest BCUT2D eigenvalue weighted by molar-refractivity contribution is 0.221. The number of rotatable bonds is 4. The van der Waals surface area contributed by atoms with Gasteiger partial charge in [-0.2, -0.15) is 0 Å². The largest absolute Gasteiger partial charge is 0.497 e. The number of benzene rings is 1. The predicted molar refractivity (Wildman–Crippen MR) is 95.7 cm³/mol. The van der Waals surface area contributed by atoms with Gasteiger partial charge >= 0.3 is 0 Å². The van der Waals surface area contributed by atoms with Crippen molar-refractivity contribution in [3.8, 4) is 5.75 Å². The van der Waals surface area contributed by atoms with Gasteiger partial charge in [0.25, 0.3) is 0 Å². The van der Waals surface area contributed by atoms with Crippen molar-refractivity contribution in [1.29, 1.82) is 0 Å². The highest BCUT2D eigenvalue weighted by molar-refractivity contribution is 5.51. The summed E-state index contributed by atoms with van der Waals surface area (Å²) >= 11 is 0. The van der Waals surface area contributed by atoms with E-state index < -0.39 is 0 Å². The van der Waals surface area contributed by atoms with Crippen LogP contribution in [0.5, 0.6) is 5.75 Å². The Bertz CT molecular complexity index is 667. The molecule has 0 N–H and O–H groups in total. The molecule has 0 unspecified atom stereocenters. The van der Waals surface area contributed by atoms with E-state index in [1.807, 2.05) is 18.3 Å². The average Bonchev–Trinajstić information content (AvgIpc) is 3.04. The second-order valence-electron chi connectivity index (χ2n) is 7.33. The van der Waals surface area contributed by atoms with Gasteiger partial charge in [0.1, 0.15) is 11.5 Å². The molecule has 1 saturated heterocycles. The summed E-state index contributed by atoms with van der Waals surface area (Å²) in [6.07, 6.45) is 1.86. The normalized spacial score (nSPS) is 16.4. The zero-order chi connectivity index (χ0) is 17.2. The molecule has 1 aliphatic rings. The summed E-state index contributed by atoms with van der Waals surface area (Å²) in [5, 5.41) is 0. The van der Waals surface area contributed by atoms with Gasteiger partial charge in [-0.15, -0.1) is 0 Å². The van der Waals surface area contributed by atoms with Gasteiger partial charge in [0.05, 0.1) is 19.9 Å². The Kier molecular flexibility index (Phi) is 4.81. The van der Waals surface area contributed by atoms with Crippen molar-refractivity contribution in [3.63, 3.8) is 0 Å². The third kappa shape index (κ3) is 3.90. The van der Waals surface area contributed by atoms with Gasteiger partial charge in [-0.3, -0.25) is 4.90 Å². The number of nitrogens with zero attached hydrogens (tertiary/aromatic N) is 3. The summed E-state index contributed by atoms with van der Waals surface area (Å²) in [6.45, 7) is 11.2. The molecular formula is C19H27N3O2. The van der Waals surface area contributed by atoms with E-state index in [1.165, 1.54) is 5.69 Å². The minimum atomic E-state index is 0.0102. The van der Waals surface area contributed by atoms with Crippen LogP contribution in [0.3, 0.4) is 0 Å². The molecule has 0 amide bonds. The van der Waals surface area contributed by atoms with E-state index in [2.05, 4.69) is 47.7 Å². The van der Waals surface area contributed by atoms with E-state index in [0.717, 1.165) is 50.1 Å². The molecule has 5 heteroatoms. The molecule has 5 nitrogen and oxygen atoms in total.